The lowest BCUT2D eigenvalue weighted by Crippen LogP contribution is -2.43. The van der Waals surface area contributed by atoms with Crippen molar-refractivity contribution >= 4 is 11.3 Å². The summed E-state index contributed by atoms with van der Waals surface area (Å²) in [4.78, 5) is 10.3. The van der Waals surface area contributed by atoms with Gasteiger partial charge in [0.1, 0.15) is 5.01 Å². The molecule has 0 radical (unpaired) electrons. The molecular weight excluding hydrogens is 322 g/mol. The molecule has 0 saturated carbocycles. The molecule has 0 amide bonds. The molecule has 7 heteroatoms. The van der Waals surface area contributed by atoms with E-state index in [0.717, 1.165) is 42.6 Å². The highest BCUT2D eigenvalue weighted by atomic mass is 32.1. The molecule has 0 spiro atoms. The Kier molecular flexibility index (Phi) is 5.99. The number of likely N-dealkylation sites (tertiary alicyclic amines) is 1. The summed E-state index contributed by atoms with van der Waals surface area (Å²) in [5.41, 5.74) is 0. The second kappa shape index (κ2) is 8.20. The average Bonchev–Trinajstić information content (AvgIpc) is 3.25. The highest BCUT2D eigenvalue weighted by Gasteiger charge is 2.23. The van der Waals surface area contributed by atoms with E-state index >= 15 is 0 Å². The highest BCUT2D eigenvalue weighted by Crippen LogP contribution is 2.23. The lowest BCUT2D eigenvalue weighted by molar-refractivity contribution is 0.120. The lowest BCUT2D eigenvalue weighted by Gasteiger charge is -2.36. The molecule has 2 aromatic rings. The van der Waals surface area contributed by atoms with E-state index in [0.29, 0.717) is 6.04 Å². The number of hydrogen-bond donors (Lipinski definition) is 1. The van der Waals surface area contributed by atoms with Crippen LogP contribution >= 0.6 is 11.3 Å². The van der Waals surface area contributed by atoms with Gasteiger partial charge in [-0.1, -0.05) is 0 Å². The van der Waals surface area contributed by atoms with Crippen LogP contribution in [0.25, 0.3) is 0 Å². The number of aliphatic hydroxyl groups is 1. The summed E-state index contributed by atoms with van der Waals surface area (Å²) in [6, 6.07) is 2.59. The van der Waals surface area contributed by atoms with E-state index in [4.69, 9.17) is 0 Å². The fourth-order valence-corrected chi connectivity index (χ4v) is 4.12. The van der Waals surface area contributed by atoms with Gasteiger partial charge in [-0.15, -0.1) is 11.3 Å². The Morgan fingerprint density at radius 3 is 2.79 bits per heavy atom. The molecule has 0 aromatic carbocycles. The number of thiazole rings is 1. The molecule has 3 rings (SSSR count). The molecule has 0 bridgehead atoms. The SMILES string of the molecule is CC(O)c1cnc(CN(C)C2CCN(CCn3cccn3)CC2)s1. The van der Waals surface area contributed by atoms with Crippen LogP contribution < -0.4 is 0 Å². The Bertz CT molecular complexity index is 604. The molecule has 1 fully saturated rings. The first-order chi connectivity index (χ1) is 11.6. The van der Waals surface area contributed by atoms with Crippen LogP contribution in [0.3, 0.4) is 0 Å². The van der Waals surface area contributed by atoms with Crippen LogP contribution in [0.1, 0.15) is 35.8 Å². The van der Waals surface area contributed by atoms with Crippen LogP contribution in [0, 0.1) is 0 Å². The van der Waals surface area contributed by atoms with Crippen LogP contribution in [0.15, 0.2) is 24.7 Å². The predicted octanol–water partition coefficient (Wildman–Crippen LogP) is 1.99. The largest absolute Gasteiger partial charge is 0.388 e. The monoisotopic (exact) mass is 349 g/mol. The van der Waals surface area contributed by atoms with Gasteiger partial charge in [0.2, 0.25) is 0 Å². The summed E-state index contributed by atoms with van der Waals surface area (Å²) in [7, 11) is 2.19. The highest BCUT2D eigenvalue weighted by molar-refractivity contribution is 7.11. The Morgan fingerprint density at radius 1 is 1.38 bits per heavy atom. The first-order valence-electron chi connectivity index (χ1n) is 8.64. The molecule has 1 aliphatic heterocycles. The normalized spacial score (nSPS) is 18.3. The molecule has 1 atom stereocenters. The fraction of sp³-hybridized carbons (Fsp3) is 0.647. The van der Waals surface area contributed by atoms with Gasteiger partial charge in [-0.2, -0.15) is 5.10 Å². The van der Waals surface area contributed by atoms with E-state index in [2.05, 4.69) is 26.9 Å². The Balaban J connectivity index is 1.41. The zero-order valence-electron chi connectivity index (χ0n) is 14.5. The second-order valence-corrected chi connectivity index (χ2v) is 7.74. The molecule has 1 N–H and O–H groups in total. The first-order valence-corrected chi connectivity index (χ1v) is 9.46. The maximum absolute atomic E-state index is 9.61. The topological polar surface area (TPSA) is 57.4 Å². The summed E-state index contributed by atoms with van der Waals surface area (Å²) < 4.78 is 2.00. The third kappa shape index (κ3) is 4.63. The third-order valence-corrected chi connectivity index (χ3v) is 5.91. The van der Waals surface area contributed by atoms with E-state index in [1.165, 1.54) is 12.8 Å². The van der Waals surface area contributed by atoms with Crippen molar-refractivity contribution in [1.82, 2.24) is 24.6 Å². The molecule has 1 saturated heterocycles. The van der Waals surface area contributed by atoms with Gasteiger partial charge in [-0.25, -0.2) is 4.98 Å². The smallest absolute Gasteiger partial charge is 0.107 e. The van der Waals surface area contributed by atoms with Gasteiger partial charge in [-0.3, -0.25) is 9.58 Å². The van der Waals surface area contributed by atoms with Gasteiger partial charge in [0.25, 0.3) is 0 Å². The van der Waals surface area contributed by atoms with Gasteiger partial charge in [0, 0.05) is 31.2 Å². The number of nitrogens with zero attached hydrogens (tertiary/aromatic N) is 5. The Morgan fingerprint density at radius 2 is 2.17 bits per heavy atom. The number of aliphatic hydroxyl groups excluding tert-OH is 1. The summed E-state index contributed by atoms with van der Waals surface area (Å²) >= 11 is 1.62. The standard InChI is InChI=1S/C17H27N5OS/c1-14(23)16-12-18-17(24-16)13-20(2)15-4-8-21(9-5-15)10-11-22-7-3-6-19-22/h3,6-7,12,14-15,23H,4-5,8-11,13H2,1-2H3. The van der Waals surface area contributed by atoms with Crippen molar-refractivity contribution in [2.75, 3.05) is 26.7 Å². The van der Waals surface area contributed by atoms with Crippen LogP contribution in [0.2, 0.25) is 0 Å². The molecule has 132 valence electrons. The summed E-state index contributed by atoms with van der Waals surface area (Å²) in [6.07, 6.45) is 7.64. The Hall–Kier alpha value is -1.28. The summed E-state index contributed by atoms with van der Waals surface area (Å²) in [6.45, 7) is 6.99. The van der Waals surface area contributed by atoms with Gasteiger partial charge in [0.05, 0.1) is 24.1 Å². The van der Waals surface area contributed by atoms with Gasteiger partial charge < -0.3 is 10.0 Å². The van der Waals surface area contributed by atoms with Gasteiger partial charge in [-0.05, 0) is 46.0 Å². The first kappa shape index (κ1) is 17.5. The zero-order valence-corrected chi connectivity index (χ0v) is 15.3. The number of aromatic nitrogens is 3. The minimum absolute atomic E-state index is 0.417. The molecule has 0 aliphatic carbocycles. The fourth-order valence-electron chi connectivity index (χ4n) is 3.19. The molecular formula is C17H27N5OS. The number of hydrogen-bond acceptors (Lipinski definition) is 6. The lowest BCUT2D eigenvalue weighted by atomic mass is 10.0. The van der Waals surface area contributed by atoms with Crippen molar-refractivity contribution < 1.29 is 5.11 Å². The van der Waals surface area contributed by atoms with E-state index < -0.39 is 6.10 Å². The van der Waals surface area contributed by atoms with E-state index in [1.54, 1.807) is 24.5 Å². The van der Waals surface area contributed by atoms with Crippen LogP contribution in [-0.4, -0.2) is 62.4 Å². The van der Waals surface area contributed by atoms with E-state index in [1.807, 2.05) is 23.1 Å². The maximum atomic E-state index is 9.61. The molecule has 24 heavy (non-hydrogen) atoms. The Labute approximate surface area is 147 Å². The minimum atomic E-state index is -0.417. The van der Waals surface area contributed by atoms with Gasteiger partial charge in [0.15, 0.2) is 0 Å². The maximum Gasteiger partial charge on any atom is 0.107 e. The van der Waals surface area contributed by atoms with Crippen molar-refractivity contribution in [3.8, 4) is 0 Å². The number of rotatable bonds is 7. The molecule has 1 unspecified atom stereocenters. The van der Waals surface area contributed by atoms with Crippen molar-refractivity contribution in [3.63, 3.8) is 0 Å². The van der Waals surface area contributed by atoms with E-state index in [-0.39, 0.29) is 0 Å². The predicted molar refractivity (Wildman–Crippen MR) is 95.9 cm³/mol. The van der Waals surface area contributed by atoms with Crippen molar-refractivity contribution in [2.45, 2.75) is 45.0 Å². The quantitative estimate of drug-likeness (QED) is 0.828. The van der Waals surface area contributed by atoms with Gasteiger partial charge >= 0.3 is 0 Å². The van der Waals surface area contributed by atoms with Crippen LogP contribution in [0.4, 0.5) is 0 Å². The van der Waals surface area contributed by atoms with Crippen molar-refractivity contribution in [2.24, 2.45) is 0 Å². The van der Waals surface area contributed by atoms with Crippen LogP contribution in [-0.2, 0) is 13.1 Å². The minimum Gasteiger partial charge on any atom is -0.388 e. The number of piperidine rings is 1. The third-order valence-electron chi connectivity index (χ3n) is 4.75. The molecule has 2 aromatic heterocycles. The summed E-state index contributed by atoms with van der Waals surface area (Å²) in [5.74, 6) is 0. The van der Waals surface area contributed by atoms with E-state index in [9.17, 15) is 5.11 Å². The summed E-state index contributed by atoms with van der Waals surface area (Å²) in [5, 5.41) is 15.0. The second-order valence-electron chi connectivity index (χ2n) is 6.59. The van der Waals surface area contributed by atoms with Crippen molar-refractivity contribution in [3.05, 3.63) is 34.5 Å². The molecule has 6 nitrogen and oxygen atoms in total. The van der Waals surface area contributed by atoms with Crippen molar-refractivity contribution in [1.29, 1.82) is 0 Å². The average molecular weight is 350 g/mol. The molecule has 1 aliphatic rings. The van der Waals surface area contributed by atoms with Crippen LogP contribution in [0.5, 0.6) is 0 Å². The zero-order chi connectivity index (χ0) is 16.9. The molecule has 3 heterocycles.